The summed E-state index contributed by atoms with van der Waals surface area (Å²) in [4.78, 5) is 0. The van der Waals surface area contributed by atoms with E-state index < -0.39 is 0 Å². The van der Waals surface area contributed by atoms with E-state index in [-0.39, 0.29) is 0 Å². The minimum absolute atomic E-state index is 0.807. The average molecular weight is 272 g/mol. The number of halogens is 1. The average Bonchev–Trinajstić information content (AvgIpc) is 2.43. The summed E-state index contributed by atoms with van der Waals surface area (Å²) in [6.07, 6.45) is 3.30. The van der Waals surface area contributed by atoms with E-state index in [9.17, 15) is 0 Å². The summed E-state index contributed by atoms with van der Waals surface area (Å²) >= 11 is 5.91. The quantitative estimate of drug-likeness (QED) is 0.663. The van der Waals surface area contributed by atoms with Crippen LogP contribution in [0.15, 0.2) is 48.5 Å². The minimum atomic E-state index is 0.807. The van der Waals surface area contributed by atoms with Gasteiger partial charge in [0.2, 0.25) is 0 Å². The molecule has 0 nitrogen and oxygen atoms in total. The molecule has 1 heteroatoms. The van der Waals surface area contributed by atoms with Crippen LogP contribution in [0.5, 0.6) is 0 Å². The molecular formula is C18H20Cl. The second-order valence-electron chi connectivity index (χ2n) is 4.95. The molecule has 0 spiro atoms. The molecule has 99 valence electrons. The van der Waals surface area contributed by atoms with Gasteiger partial charge in [0.25, 0.3) is 0 Å². The van der Waals surface area contributed by atoms with Gasteiger partial charge in [0.15, 0.2) is 0 Å². The molecule has 0 aliphatic rings. The van der Waals surface area contributed by atoms with Gasteiger partial charge >= 0.3 is 0 Å². The highest BCUT2D eigenvalue weighted by molar-refractivity contribution is 6.30. The molecule has 0 amide bonds. The van der Waals surface area contributed by atoms with E-state index in [1.54, 1.807) is 0 Å². The summed E-state index contributed by atoms with van der Waals surface area (Å²) in [5.74, 6) is 1.52. The third-order valence-electron chi connectivity index (χ3n) is 3.52. The molecule has 0 heterocycles. The van der Waals surface area contributed by atoms with Crippen molar-refractivity contribution in [2.24, 2.45) is 0 Å². The number of benzene rings is 2. The molecule has 0 saturated carbocycles. The lowest BCUT2D eigenvalue weighted by Crippen LogP contribution is -2.01. The van der Waals surface area contributed by atoms with Gasteiger partial charge in [-0.3, -0.25) is 0 Å². The Bertz CT molecular complexity index is 496. The Morgan fingerprint density at radius 3 is 2.16 bits per heavy atom. The molecular weight excluding hydrogens is 252 g/mol. The van der Waals surface area contributed by atoms with Crippen molar-refractivity contribution < 1.29 is 0 Å². The van der Waals surface area contributed by atoms with Crippen LogP contribution in [0.2, 0.25) is 5.02 Å². The zero-order valence-corrected chi connectivity index (χ0v) is 12.4. The molecule has 1 radical (unpaired) electrons. The normalized spacial score (nSPS) is 10.9. The third-order valence-corrected chi connectivity index (χ3v) is 3.77. The van der Waals surface area contributed by atoms with Gasteiger partial charge in [-0.1, -0.05) is 60.5 Å². The Morgan fingerprint density at radius 1 is 0.947 bits per heavy atom. The summed E-state index contributed by atoms with van der Waals surface area (Å²) < 4.78 is 0. The zero-order chi connectivity index (χ0) is 13.7. The van der Waals surface area contributed by atoms with Crippen LogP contribution in [-0.2, 0) is 6.42 Å². The van der Waals surface area contributed by atoms with Crippen LogP contribution in [0.1, 0.15) is 36.5 Å². The van der Waals surface area contributed by atoms with Crippen LogP contribution in [0.3, 0.4) is 0 Å². The molecule has 0 N–H and O–H groups in total. The topological polar surface area (TPSA) is 0 Å². The van der Waals surface area contributed by atoms with Crippen LogP contribution in [0.25, 0.3) is 0 Å². The number of aryl methyl sites for hydroxylation is 2. The fraction of sp³-hybridized carbons (Fsp3) is 0.278. The van der Waals surface area contributed by atoms with Crippen molar-refractivity contribution in [3.05, 3.63) is 76.2 Å². The second kappa shape index (κ2) is 6.77. The van der Waals surface area contributed by atoms with Gasteiger partial charge in [-0.25, -0.2) is 0 Å². The molecule has 0 saturated heterocycles. The second-order valence-corrected chi connectivity index (χ2v) is 5.39. The van der Waals surface area contributed by atoms with Crippen molar-refractivity contribution in [3.63, 3.8) is 0 Å². The first-order valence-electron chi connectivity index (χ1n) is 6.85. The Morgan fingerprint density at radius 2 is 1.58 bits per heavy atom. The summed E-state index contributed by atoms with van der Waals surface area (Å²) in [7, 11) is 0. The maximum Gasteiger partial charge on any atom is 0.0406 e. The van der Waals surface area contributed by atoms with Crippen molar-refractivity contribution >= 4 is 11.6 Å². The molecule has 0 fully saturated rings. The first-order valence-corrected chi connectivity index (χ1v) is 7.23. The summed E-state index contributed by atoms with van der Waals surface area (Å²) in [6, 6.07) is 17.0. The smallest absolute Gasteiger partial charge is 0.0406 e. The summed E-state index contributed by atoms with van der Waals surface area (Å²) in [5.41, 5.74) is 4.04. The molecule has 0 aliphatic heterocycles. The van der Waals surface area contributed by atoms with Crippen LogP contribution >= 0.6 is 11.6 Å². The molecule has 0 bridgehead atoms. The lowest BCUT2D eigenvalue weighted by molar-refractivity contribution is 0.787. The largest absolute Gasteiger partial charge is 0.0843 e. The Kier molecular flexibility index (Phi) is 5.04. The number of rotatable bonds is 5. The third kappa shape index (κ3) is 4.11. The molecule has 19 heavy (non-hydrogen) atoms. The van der Waals surface area contributed by atoms with Gasteiger partial charge in [0.05, 0.1) is 0 Å². The monoisotopic (exact) mass is 271 g/mol. The Balaban J connectivity index is 1.99. The van der Waals surface area contributed by atoms with Crippen LogP contribution in [0.4, 0.5) is 0 Å². The van der Waals surface area contributed by atoms with Crippen molar-refractivity contribution in [2.75, 3.05) is 0 Å². The highest BCUT2D eigenvalue weighted by Gasteiger charge is 2.10. The van der Waals surface area contributed by atoms with E-state index in [0.717, 1.165) is 24.3 Å². The molecule has 0 aliphatic carbocycles. The van der Waals surface area contributed by atoms with Crippen LogP contribution in [0, 0.1) is 12.8 Å². The van der Waals surface area contributed by atoms with E-state index in [1.165, 1.54) is 22.6 Å². The van der Waals surface area contributed by atoms with Crippen LogP contribution < -0.4 is 0 Å². The van der Waals surface area contributed by atoms with Gasteiger partial charge in [0.1, 0.15) is 0 Å². The van der Waals surface area contributed by atoms with Gasteiger partial charge in [-0.15, -0.1) is 0 Å². The van der Waals surface area contributed by atoms with Gasteiger partial charge in [-0.05, 0) is 49.4 Å². The van der Waals surface area contributed by atoms with Crippen molar-refractivity contribution in [2.45, 2.75) is 33.1 Å². The highest BCUT2D eigenvalue weighted by Crippen LogP contribution is 2.24. The Labute approximate surface area is 121 Å². The SMILES string of the molecule is CC[C](CCc1ccc(Cl)cc1)c1ccc(C)cc1. The van der Waals surface area contributed by atoms with E-state index in [2.05, 4.69) is 50.2 Å². The van der Waals surface area contributed by atoms with Gasteiger partial charge in [0, 0.05) is 10.9 Å². The first-order chi connectivity index (χ1) is 9.19. The van der Waals surface area contributed by atoms with Gasteiger partial charge in [-0.2, -0.15) is 0 Å². The fourth-order valence-electron chi connectivity index (χ4n) is 2.26. The predicted molar refractivity (Wildman–Crippen MR) is 83.6 cm³/mol. The minimum Gasteiger partial charge on any atom is -0.0843 e. The maximum absolute atomic E-state index is 5.91. The zero-order valence-electron chi connectivity index (χ0n) is 11.6. The molecule has 0 aromatic heterocycles. The Hall–Kier alpha value is -1.27. The van der Waals surface area contributed by atoms with Crippen molar-refractivity contribution in [1.82, 2.24) is 0 Å². The van der Waals surface area contributed by atoms with Crippen molar-refractivity contribution in [3.8, 4) is 0 Å². The molecule has 0 unspecified atom stereocenters. The van der Waals surface area contributed by atoms with Gasteiger partial charge < -0.3 is 0 Å². The number of hydrogen-bond acceptors (Lipinski definition) is 0. The molecule has 2 aromatic rings. The lowest BCUT2D eigenvalue weighted by atomic mass is 9.90. The van der Waals surface area contributed by atoms with E-state index in [0.29, 0.717) is 0 Å². The highest BCUT2D eigenvalue weighted by atomic mass is 35.5. The summed E-state index contributed by atoms with van der Waals surface area (Å²) in [6.45, 7) is 4.36. The lowest BCUT2D eigenvalue weighted by Gasteiger charge is -2.15. The van der Waals surface area contributed by atoms with E-state index in [1.807, 2.05) is 12.1 Å². The predicted octanol–water partition coefficient (Wildman–Crippen LogP) is 5.61. The summed E-state index contributed by atoms with van der Waals surface area (Å²) in [5, 5.41) is 0.807. The number of hydrogen-bond donors (Lipinski definition) is 0. The van der Waals surface area contributed by atoms with Crippen molar-refractivity contribution in [1.29, 1.82) is 0 Å². The van der Waals surface area contributed by atoms with E-state index >= 15 is 0 Å². The molecule has 0 atom stereocenters. The standard InChI is InChI=1S/C18H20Cl/c1-3-16(17-9-4-14(2)5-10-17)11-6-15-7-12-18(19)13-8-15/h4-5,7-10,12-13H,3,6,11H2,1-2H3. The molecule has 2 aromatic carbocycles. The molecule has 2 rings (SSSR count). The fourth-order valence-corrected chi connectivity index (χ4v) is 2.39. The first kappa shape index (κ1) is 14.1. The van der Waals surface area contributed by atoms with E-state index in [4.69, 9.17) is 11.6 Å². The van der Waals surface area contributed by atoms with Crippen LogP contribution in [-0.4, -0.2) is 0 Å². The maximum atomic E-state index is 5.91.